The van der Waals surface area contributed by atoms with Crippen LogP contribution in [0.2, 0.25) is 0 Å². The van der Waals surface area contributed by atoms with Crippen LogP contribution in [0.25, 0.3) is 0 Å². The van der Waals surface area contributed by atoms with Gasteiger partial charge in [0, 0.05) is 30.7 Å². The largest absolute Gasteiger partial charge is 0.357 e. The summed E-state index contributed by atoms with van der Waals surface area (Å²) >= 11 is 0. The molecule has 3 N–H and O–H groups in total. The smallest absolute Gasteiger partial charge is 0.191 e. The first-order valence-electron chi connectivity index (χ1n) is 7.53. The number of benzene rings is 1. The minimum atomic E-state index is -0.459. The molecule has 1 aromatic carbocycles. The van der Waals surface area contributed by atoms with Gasteiger partial charge in [0.15, 0.2) is 5.96 Å². The Kier molecular flexibility index (Phi) is 7.24. The maximum absolute atomic E-state index is 13.6. The zero-order valence-electron chi connectivity index (χ0n) is 13.8. The van der Waals surface area contributed by atoms with Crippen LogP contribution in [-0.4, -0.2) is 31.1 Å². The summed E-state index contributed by atoms with van der Waals surface area (Å²) in [6, 6.07) is 3.39. The third-order valence-corrected chi connectivity index (χ3v) is 2.83. The second-order valence-corrected chi connectivity index (χ2v) is 6.03. The van der Waals surface area contributed by atoms with Crippen LogP contribution in [0, 0.1) is 11.6 Å². The number of hydrogen-bond acceptors (Lipinski definition) is 2. The summed E-state index contributed by atoms with van der Waals surface area (Å²) in [4.78, 5) is 4.28. The molecular weight excluding hydrogens is 286 g/mol. The van der Waals surface area contributed by atoms with Gasteiger partial charge in [0.2, 0.25) is 0 Å². The molecule has 124 valence electrons. The van der Waals surface area contributed by atoms with Gasteiger partial charge in [-0.3, -0.25) is 0 Å². The summed E-state index contributed by atoms with van der Waals surface area (Å²) in [5, 5.41) is 9.59. The van der Waals surface area contributed by atoms with Crippen molar-refractivity contribution in [1.29, 1.82) is 0 Å². The molecule has 0 amide bonds. The van der Waals surface area contributed by atoms with Gasteiger partial charge < -0.3 is 16.0 Å². The SMILES string of the molecule is CCNC(=NCc1cc(F)ccc1F)NCCNC(C)(C)C. The van der Waals surface area contributed by atoms with Crippen LogP contribution in [0.4, 0.5) is 8.78 Å². The van der Waals surface area contributed by atoms with Gasteiger partial charge in [0.05, 0.1) is 6.54 Å². The van der Waals surface area contributed by atoms with Crippen molar-refractivity contribution in [2.24, 2.45) is 4.99 Å². The van der Waals surface area contributed by atoms with Gasteiger partial charge in [-0.2, -0.15) is 0 Å². The third-order valence-electron chi connectivity index (χ3n) is 2.83. The van der Waals surface area contributed by atoms with Crippen molar-refractivity contribution in [3.05, 3.63) is 35.4 Å². The molecule has 0 aliphatic carbocycles. The number of halogens is 2. The fourth-order valence-corrected chi connectivity index (χ4v) is 1.79. The number of nitrogens with one attached hydrogen (secondary N) is 3. The maximum atomic E-state index is 13.6. The van der Waals surface area contributed by atoms with Crippen LogP contribution in [0.5, 0.6) is 0 Å². The Morgan fingerprint density at radius 2 is 1.86 bits per heavy atom. The number of guanidine groups is 1. The molecule has 1 aromatic rings. The summed E-state index contributed by atoms with van der Waals surface area (Å²) in [7, 11) is 0. The van der Waals surface area contributed by atoms with Gasteiger partial charge in [-0.25, -0.2) is 13.8 Å². The lowest BCUT2D eigenvalue weighted by Crippen LogP contribution is -2.44. The van der Waals surface area contributed by atoms with Crippen molar-refractivity contribution in [3.63, 3.8) is 0 Å². The van der Waals surface area contributed by atoms with Gasteiger partial charge in [-0.05, 0) is 45.9 Å². The fourth-order valence-electron chi connectivity index (χ4n) is 1.79. The highest BCUT2D eigenvalue weighted by Gasteiger charge is 2.08. The summed E-state index contributed by atoms with van der Waals surface area (Å²) in [5.74, 6) is -0.323. The quantitative estimate of drug-likeness (QED) is 0.429. The lowest BCUT2D eigenvalue weighted by Gasteiger charge is -2.21. The van der Waals surface area contributed by atoms with E-state index in [-0.39, 0.29) is 17.6 Å². The molecule has 0 saturated heterocycles. The van der Waals surface area contributed by atoms with Gasteiger partial charge >= 0.3 is 0 Å². The highest BCUT2D eigenvalue weighted by Crippen LogP contribution is 2.10. The second kappa shape index (κ2) is 8.68. The predicted octanol–water partition coefficient (Wildman–Crippen LogP) is 2.41. The molecule has 4 nitrogen and oxygen atoms in total. The van der Waals surface area contributed by atoms with E-state index in [4.69, 9.17) is 0 Å². The summed E-state index contributed by atoms with van der Waals surface area (Å²) in [6.45, 7) is 10.5. The Hall–Kier alpha value is -1.69. The van der Waals surface area contributed by atoms with E-state index in [0.717, 1.165) is 18.7 Å². The van der Waals surface area contributed by atoms with Crippen LogP contribution in [-0.2, 0) is 6.54 Å². The molecule has 0 atom stereocenters. The maximum Gasteiger partial charge on any atom is 0.191 e. The molecule has 0 radical (unpaired) electrons. The monoisotopic (exact) mass is 312 g/mol. The average Bonchev–Trinajstić information content (AvgIpc) is 2.43. The Balaban J connectivity index is 2.56. The van der Waals surface area contributed by atoms with E-state index in [0.29, 0.717) is 19.0 Å². The molecule has 0 fully saturated rings. The van der Waals surface area contributed by atoms with Gasteiger partial charge in [0.25, 0.3) is 0 Å². The molecule has 0 aromatic heterocycles. The van der Waals surface area contributed by atoms with E-state index in [1.54, 1.807) is 0 Å². The second-order valence-electron chi connectivity index (χ2n) is 6.03. The minimum Gasteiger partial charge on any atom is -0.357 e. The van der Waals surface area contributed by atoms with E-state index in [1.807, 2.05) is 6.92 Å². The van der Waals surface area contributed by atoms with Crippen LogP contribution in [0.1, 0.15) is 33.3 Å². The molecule has 0 aliphatic rings. The third kappa shape index (κ3) is 7.36. The van der Waals surface area contributed by atoms with Crippen LogP contribution in [0.15, 0.2) is 23.2 Å². The van der Waals surface area contributed by atoms with E-state index < -0.39 is 11.6 Å². The molecule has 0 unspecified atom stereocenters. The van der Waals surface area contributed by atoms with E-state index in [9.17, 15) is 8.78 Å². The molecule has 0 spiro atoms. The van der Waals surface area contributed by atoms with Crippen molar-refractivity contribution in [1.82, 2.24) is 16.0 Å². The molecule has 0 heterocycles. The lowest BCUT2D eigenvalue weighted by molar-refractivity contribution is 0.428. The Morgan fingerprint density at radius 3 is 2.50 bits per heavy atom. The first kappa shape index (κ1) is 18.4. The van der Waals surface area contributed by atoms with E-state index in [2.05, 4.69) is 41.7 Å². The van der Waals surface area contributed by atoms with Crippen molar-refractivity contribution in [2.45, 2.75) is 39.8 Å². The number of aliphatic imine (C=N–C) groups is 1. The molecule has 0 saturated carbocycles. The van der Waals surface area contributed by atoms with Crippen molar-refractivity contribution >= 4 is 5.96 Å². The normalized spacial score (nSPS) is 12.4. The average molecular weight is 312 g/mol. The van der Waals surface area contributed by atoms with Crippen molar-refractivity contribution < 1.29 is 8.78 Å². The number of rotatable bonds is 6. The van der Waals surface area contributed by atoms with Crippen molar-refractivity contribution in [2.75, 3.05) is 19.6 Å². The summed E-state index contributed by atoms with van der Waals surface area (Å²) in [5.41, 5.74) is 0.298. The van der Waals surface area contributed by atoms with E-state index in [1.165, 1.54) is 6.07 Å². The van der Waals surface area contributed by atoms with Gasteiger partial charge in [-0.1, -0.05) is 0 Å². The molecule has 22 heavy (non-hydrogen) atoms. The van der Waals surface area contributed by atoms with Crippen molar-refractivity contribution in [3.8, 4) is 0 Å². The standard InChI is InChI=1S/C16H26F2N4/c1-5-19-15(20-8-9-22-16(2,3)4)21-11-12-10-13(17)6-7-14(12)18/h6-7,10,22H,5,8-9,11H2,1-4H3,(H2,19,20,21). The lowest BCUT2D eigenvalue weighted by atomic mass is 10.1. The number of hydrogen-bond donors (Lipinski definition) is 3. The molecule has 1 rings (SSSR count). The highest BCUT2D eigenvalue weighted by atomic mass is 19.1. The van der Waals surface area contributed by atoms with Crippen LogP contribution >= 0.6 is 0 Å². The Morgan fingerprint density at radius 1 is 1.14 bits per heavy atom. The van der Waals surface area contributed by atoms with Crippen LogP contribution < -0.4 is 16.0 Å². The summed E-state index contributed by atoms with van der Waals surface area (Å²) < 4.78 is 26.7. The predicted molar refractivity (Wildman–Crippen MR) is 86.9 cm³/mol. The van der Waals surface area contributed by atoms with Gasteiger partial charge in [-0.15, -0.1) is 0 Å². The Bertz CT molecular complexity index is 495. The first-order valence-corrected chi connectivity index (χ1v) is 7.53. The van der Waals surface area contributed by atoms with E-state index >= 15 is 0 Å². The fraction of sp³-hybridized carbons (Fsp3) is 0.562. The molecule has 6 heteroatoms. The zero-order chi connectivity index (χ0) is 16.6. The zero-order valence-corrected chi connectivity index (χ0v) is 13.8. The Labute approximate surface area is 131 Å². The topological polar surface area (TPSA) is 48.5 Å². The summed E-state index contributed by atoms with van der Waals surface area (Å²) in [6.07, 6.45) is 0. The van der Waals surface area contributed by atoms with Crippen LogP contribution in [0.3, 0.4) is 0 Å². The van der Waals surface area contributed by atoms with Gasteiger partial charge in [0.1, 0.15) is 11.6 Å². The molecular formula is C16H26F2N4. The first-order chi connectivity index (χ1) is 10.3. The molecule has 0 bridgehead atoms. The highest BCUT2D eigenvalue weighted by molar-refractivity contribution is 5.79. The minimum absolute atomic E-state index is 0.0574. The number of nitrogens with zero attached hydrogens (tertiary/aromatic N) is 1. The molecule has 0 aliphatic heterocycles.